The number of rotatable bonds is 6. The highest BCUT2D eigenvalue weighted by atomic mass is 32.2. The molecule has 0 saturated carbocycles. The van der Waals surface area contributed by atoms with Gasteiger partial charge in [0, 0.05) is 24.0 Å². The van der Waals surface area contributed by atoms with Crippen molar-refractivity contribution in [2.45, 2.75) is 5.16 Å². The summed E-state index contributed by atoms with van der Waals surface area (Å²) in [6.07, 6.45) is 3.43. The molecule has 2 heterocycles. The topological polar surface area (TPSA) is 98.4 Å². The molecule has 0 aliphatic carbocycles. The zero-order chi connectivity index (χ0) is 18.7. The van der Waals surface area contributed by atoms with E-state index in [0.29, 0.717) is 44.8 Å². The molecule has 8 nitrogen and oxygen atoms in total. The van der Waals surface area contributed by atoms with Crippen molar-refractivity contribution in [1.82, 2.24) is 15.0 Å². The van der Waals surface area contributed by atoms with Crippen molar-refractivity contribution < 1.29 is 14.2 Å². The Labute approximate surface area is 153 Å². The molecule has 2 aromatic heterocycles. The van der Waals surface area contributed by atoms with Gasteiger partial charge in [-0.15, -0.1) is 0 Å². The highest BCUT2D eigenvalue weighted by Crippen LogP contribution is 2.40. The van der Waals surface area contributed by atoms with Crippen LogP contribution in [0, 0.1) is 0 Å². The minimum absolute atomic E-state index is 0.273. The highest BCUT2D eigenvalue weighted by molar-refractivity contribution is 7.98. The van der Waals surface area contributed by atoms with Crippen LogP contribution in [0.4, 0.5) is 11.5 Å². The van der Waals surface area contributed by atoms with Crippen molar-refractivity contribution in [3.05, 3.63) is 34.7 Å². The van der Waals surface area contributed by atoms with Crippen LogP contribution >= 0.6 is 11.8 Å². The Kier molecular flexibility index (Phi) is 5.17. The van der Waals surface area contributed by atoms with Crippen molar-refractivity contribution in [1.29, 1.82) is 0 Å². The van der Waals surface area contributed by atoms with E-state index in [1.54, 1.807) is 24.4 Å². The van der Waals surface area contributed by atoms with E-state index in [1.807, 2.05) is 6.26 Å². The minimum Gasteiger partial charge on any atom is -0.493 e. The number of hydrogen-bond donors (Lipinski definition) is 2. The first-order valence-electron chi connectivity index (χ1n) is 7.61. The maximum atomic E-state index is 12.3. The lowest BCUT2D eigenvalue weighted by Crippen LogP contribution is -2.10. The van der Waals surface area contributed by atoms with Crippen LogP contribution in [0.1, 0.15) is 0 Å². The van der Waals surface area contributed by atoms with E-state index < -0.39 is 0 Å². The maximum absolute atomic E-state index is 12.3. The largest absolute Gasteiger partial charge is 0.493 e. The van der Waals surface area contributed by atoms with Gasteiger partial charge in [-0.05, 0) is 12.3 Å². The second kappa shape index (κ2) is 7.52. The Balaban J connectivity index is 2.16. The number of thioether (sulfide) groups is 1. The van der Waals surface area contributed by atoms with Gasteiger partial charge in [0.05, 0.1) is 26.8 Å². The maximum Gasteiger partial charge on any atom is 0.261 e. The predicted octanol–water partition coefficient (Wildman–Crippen LogP) is 2.81. The van der Waals surface area contributed by atoms with E-state index in [1.165, 1.54) is 33.1 Å². The lowest BCUT2D eigenvalue weighted by atomic mass is 10.2. The molecule has 26 heavy (non-hydrogen) atoms. The summed E-state index contributed by atoms with van der Waals surface area (Å²) in [5.74, 6) is 1.87. The van der Waals surface area contributed by atoms with Crippen LogP contribution in [0.3, 0.4) is 0 Å². The van der Waals surface area contributed by atoms with E-state index in [4.69, 9.17) is 14.2 Å². The minimum atomic E-state index is -0.273. The molecule has 9 heteroatoms. The van der Waals surface area contributed by atoms with E-state index in [2.05, 4.69) is 20.3 Å². The van der Waals surface area contributed by atoms with Gasteiger partial charge in [0.2, 0.25) is 5.75 Å². The number of fused-ring (bicyclic) bond motifs is 1. The standard InChI is InChI=1S/C17H18N4O4S/c1-23-11-7-9(8-12(24-2)14(11)25-3)19-15-13-10(5-6-18-16(13)22)20-17(21-15)26-4/h5-8H,1-4H3,(H,18,22)(H,19,20,21). The molecule has 0 spiro atoms. The number of hydrogen-bond acceptors (Lipinski definition) is 8. The van der Waals surface area contributed by atoms with Crippen molar-refractivity contribution in [2.75, 3.05) is 32.9 Å². The normalized spacial score (nSPS) is 10.6. The van der Waals surface area contributed by atoms with Crippen LogP contribution in [0.15, 0.2) is 34.3 Å². The molecule has 0 amide bonds. The summed E-state index contributed by atoms with van der Waals surface area (Å²) >= 11 is 1.39. The van der Waals surface area contributed by atoms with Gasteiger partial charge in [-0.25, -0.2) is 9.97 Å². The molecular formula is C17H18N4O4S. The lowest BCUT2D eigenvalue weighted by Gasteiger charge is -2.15. The molecule has 0 radical (unpaired) electrons. The molecule has 0 unspecified atom stereocenters. The van der Waals surface area contributed by atoms with Gasteiger partial charge < -0.3 is 24.5 Å². The lowest BCUT2D eigenvalue weighted by molar-refractivity contribution is 0.324. The number of aromatic amines is 1. The molecule has 0 atom stereocenters. The number of nitrogens with zero attached hydrogens (tertiary/aromatic N) is 2. The summed E-state index contributed by atoms with van der Waals surface area (Å²) in [6.45, 7) is 0. The molecule has 2 N–H and O–H groups in total. The Morgan fingerprint density at radius 2 is 1.77 bits per heavy atom. The molecule has 3 rings (SSSR count). The van der Waals surface area contributed by atoms with Crippen LogP contribution in [0.5, 0.6) is 17.2 Å². The van der Waals surface area contributed by atoms with Gasteiger partial charge in [0.25, 0.3) is 5.56 Å². The van der Waals surface area contributed by atoms with Gasteiger partial charge in [0.1, 0.15) is 11.2 Å². The Morgan fingerprint density at radius 3 is 2.35 bits per heavy atom. The first-order valence-corrected chi connectivity index (χ1v) is 8.84. The molecule has 0 bridgehead atoms. The van der Waals surface area contributed by atoms with E-state index >= 15 is 0 Å². The van der Waals surface area contributed by atoms with E-state index in [-0.39, 0.29) is 5.56 Å². The molecule has 3 aromatic rings. The molecule has 0 saturated heterocycles. The molecular weight excluding hydrogens is 356 g/mol. The SMILES string of the molecule is COc1cc(Nc2nc(SC)nc3cc[nH]c(=O)c23)cc(OC)c1OC. The van der Waals surface area contributed by atoms with Crippen molar-refractivity contribution >= 4 is 34.2 Å². The fraction of sp³-hybridized carbons (Fsp3) is 0.235. The first kappa shape index (κ1) is 17.9. The van der Waals surface area contributed by atoms with Gasteiger partial charge in [-0.3, -0.25) is 4.79 Å². The fourth-order valence-electron chi connectivity index (χ4n) is 2.54. The number of H-pyrrole nitrogens is 1. The van der Waals surface area contributed by atoms with Gasteiger partial charge in [0.15, 0.2) is 16.7 Å². The van der Waals surface area contributed by atoms with Crippen molar-refractivity contribution in [3.8, 4) is 17.2 Å². The summed E-state index contributed by atoms with van der Waals surface area (Å²) in [5.41, 5.74) is 0.919. The number of anilines is 2. The molecule has 1 aromatic carbocycles. The number of benzene rings is 1. The zero-order valence-corrected chi connectivity index (χ0v) is 15.6. The number of pyridine rings is 1. The third-order valence-electron chi connectivity index (χ3n) is 3.71. The molecule has 0 aliphatic heterocycles. The van der Waals surface area contributed by atoms with Gasteiger partial charge in [-0.2, -0.15) is 0 Å². The highest BCUT2D eigenvalue weighted by Gasteiger charge is 2.16. The Hall–Kier alpha value is -2.94. The average Bonchev–Trinajstić information content (AvgIpc) is 2.66. The second-order valence-electron chi connectivity index (χ2n) is 5.16. The van der Waals surface area contributed by atoms with Crippen molar-refractivity contribution in [3.63, 3.8) is 0 Å². The molecule has 136 valence electrons. The van der Waals surface area contributed by atoms with Crippen LogP contribution < -0.4 is 25.1 Å². The second-order valence-corrected chi connectivity index (χ2v) is 5.94. The number of ether oxygens (including phenoxy) is 3. The van der Waals surface area contributed by atoms with Crippen molar-refractivity contribution in [2.24, 2.45) is 0 Å². The quantitative estimate of drug-likeness (QED) is 0.502. The number of nitrogens with one attached hydrogen (secondary N) is 2. The summed E-state index contributed by atoms with van der Waals surface area (Å²) < 4.78 is 16.1. The van der Waals surface area contributed by atoms with Gasteiger partial charge >= 0.3 is 0 Å². The van der Waals surface area contributed by atoms with E-state index in [9.17, 15) is 4.79 Å². The summed E-state index contributed by atoms with van der Waals surface area (Å²) in [4.78, 5) is 23.7. The average molecular weight is 374 g/mol. The summed E-state index contributed by atoms with van der Waals surface area (Å²) in [6, 6.07) is 5.22. The molecule has 0 fully saturated rings. The molecule has 0 aliphatic rings. The third kappa shape index (κ3) is 3.25. The Morgan fingerprint density at radius 1 is 1.08 bits per heavy atom. The first-order chi connectivity index (χ1) is 12.6. The smallest absolute Gasteiger partial charge is 0.261 e. The summed E-state index contributed by atoms with van der Waals surface area (Å²) in [5, 5.41) is 4.09. The van der Waals surface area contributed by atoms with E-state index in [0.717, 1.165) is 0 Å². The number of methoxy groups -OCH3 is 3. The Bertz CT molecular complexity index is 981. The van der Waals surface area contributed by atoms with Crippen LogP contribution in [-0.4, -0.2) is 42.5 Å². The van der Waals surface area contributed by atoms with Crippen LogP contribution in [0.25, 0.3) is 10.9 Å². The van der Waals surface area contributed by atoms with Gasteiger partial charge in [-0.1, -0.05) is 11.8 Å². The zero-order valence-electron chi connectivity index (χ0n) is 14.7. The third-order valence-corrected chi connectivity index (χ3v) is 4.26. The predicted molar refractivity (Wildman–Crippen MR) is 101 cm³/mol. The van der Waals surface area contributed by atoms with Crippen LogP contribution in [-0.2, 0) is 0 Å². The monoisotopic (exact) mass is 374 g/mol. The number of aromatic nitrogens is 3. The van der Waals surface area contributed by atoms with Crippen LogP contribution in [0.2, 0.25) is 0 Å². The fourth-order valence-corrected chi connectivity index (χ4v) is 2.91. The summed E-state index contributed by atoms with van der Waals surface area (Å²) in [7, 11) is 4.62.